The summed E-state index contributed by atoms with van der Waals surface area (Å²) in [6.45, 7) is 8.93. The number of rotatable bonds is 8. The van der Waals surface area contributed by atoms with E-state index in [0.29, 0.717) is 18.9 Å². The highest BCUT2D eigenvalue weighted by Gasteiger charge is 2.21. The Hall–Kier alpha value is -3.42. The smallest absolute Gasteiger partial charge is 0.221 e. The normalized spacial score (nSPS) is 14.2. The molecule has 3 rings (SSSR count). The molecule has 2 aromatic rings. The van der Waals surface area contributed by atoms with Gasteiger partial charge in [0.25, 0.3) is 0 Å². The molecule has 8 heteroatoms. The molecule has 1 amide bonds. The highest BCUT2D eigenvalue weighted by Crippen LogP contribution is 2.28. The Morgan fingerprint density at radius 2 is 1.88 bits per heavy atom. The lowest BCUT2D eigenvalue weighted by molar-refractivity contribution is -0.114. The third-order valence-electron chi connectivity index (χ3n) is 5.12. The van der Waals surface area contributed by atoms with Gasteiger partial charge in [-0.25, -0.2) is 4.99 Å². The predicted molar refractivity (Wildman–Crippen MR) is 129 cm³/mol. The van der Waals surface area contributed by atoms with Gasteiger partial charge >= 0.3 is 0 Å². The number of guanidine groups is 1. The summed E-state index contributed by atoms with van der Waals surface area (Å²) in [5, 5.41) is 6.15. The maximum absolute atomic E-state index is 11.2. The van der Waals surface area contributed by atoms with Gasteiger partial charge in [-0.2, -0.15) is 0 Å². The zero-order valence-corrected chi connectivity index (χ0v) is 19.1. The first-order chi connectivity index (χ1) is 15.6. The Kier molecular flexibility index (Phi) is 8.60. The first kappa shape index (κ1) is 23.2. The van der Waals surface area contributed by atoms with Crippen molar-refractivity contribution in [2.75, 3.05) is 63.2 Å². The summed E-state index contributed by atoms with van der Waals surface area (Å²) in [5.41, 5.74) is 1.85. The maximum atomic E-state index is 11.2. The molecule has 0 atom stereocenters. The lowest BCUT2D eigenvalue weighted by Gasteiger charge is -2.38. The van der Waals surface area contributed by atoms with Crippen LogP contribution in [-0.2, 0) is 4.79 Å². The number of piperazine rings is 1. The summed E-state index contributed by atoms with van der Waals surface area (Å²) in [7, 11) is 1.71. The molecule has 0 bridgehead atoms. The molecule has 0 radical (unpaired) electrons. The average molecular weight is 440 g/mol. The maximum Gasteiger partial charge on any atom is 0.221 e. The van der Waals surface area contributed by atoms with E-state index in [9.17, 15) is 4.79 Å². The van der Waals surface area contributed by atoms with Crippen LogP contribution in [0.25, 0.3) is 0 Å². The van der Waals surface area contributed by atoms with Crippen molar-refractivity contribution in [3.8, 4) is 11.5 Å². The molecule has 1 aliphatic heterocycles. The van der Waals surface area contributed by atoms with Crippen LogP contribution in [0.5, 0.6) is 11.5 Å². The molecule has 1 saturated heterocycles. The SMILES string of the molecule is CCNC(=NCCOc1cccc(NC(C)=O)c1)N1CCN(c2ccccc2OC)CC1. The summed E-state index contributed by atoms with van der Waals surface area (Å²) in [5.74, 6) is 2.42. The second-order valence-electron chi connectivity index (χ2n) is 7.44. The number of benzene rings is 2. The number of nitrogens with one attached hydrogen (secondary N) is 2. The number of ether oxygens (including phenoxy) is 2. The quantitative estimate of drug-likeness (QED) is 0.374. The van der Waals surface area contributed by atoms with Gasteiger partial charge < -0.3 is 29.9 Å². The van der Waals surface area contributed by atoms with Crippen LogP contribution >= 0.6 is 0 Å². The number of para-hydroxylation sites is 2. The number of aliphatic imine (C=N–C) groups is 1. The third-order valence-corrected chi connectivity index (χ3v) is 5.12. The fourth-order valence-electron chi connectivity index (χ4n) is 3.66. The molecule has 0 spiro atoms. The van der Waals surface area contributed by atoms with E-state index < -0.39 is 0 Å². The lowest BCUT2D eigenvalue weighted by Crippen LogP contribution is -2.52. The van der Waals surface area contributed by atoms with Crippen LogP contribution in [0.3, 0.4) is 0 Å². The first-order valence-corrected chi connectivity index (χ1v) is 11.0. The van der Waals surface area contributed by atoms with Gasteiger partial charge in [0.2, 0.25) is 5.91 Å². The Morgan fingerprint density at radius 1 is 1.09 bits per heavy atom. The van der Waals surface area contributed by atoms with E-state index in [1.165, 1.54) is 6.92 Å². The van der Waals surface area contributed by atoms with Gasteiger partial charge in [-0.3, -0.25) is 4.79 Å². The van der Waals surface area contributed by atoms with E-state index in [1.54, 1.807) is 7.11 Å². The summed E-state index contributed by atoms with van der Waals surface area (Å²) >= 11 is 0. The van der Waals surface area contributed by atoms with Crippen LogP contribution < -0.4 is 25.0 Å². The number of hydrogen-bond donors (Lipinski definition) is 2. The van der Waals surface area contributed by atoms with Gasteiger partial charge in [0.1, 0.15) is 18.1 Å². The largest absolute Gasteiger partial charge is 0.495 e. The standard InChI is InChI=1S/C24H33N5O3/c1-4-25-24(26-12-17-32-21-9-7-8-20(18-21)27-19(2)30)29-15-13-28(14-16-29)22-10-5-6-11-23(22)31-3/h5-11,18H,4,12-17H2,1-3H3,(H,25,26)(H,27,30). The summed E-state index contributed by atoms with van der Waals surface area (Å²) in [6, 6.07) is 15.5. The number of methoxy groups -OCH3 is 1. The Morgan fingerprint density at radius 3 is 2.59 bits per heavy atom. The topological polar surface area (TPSA) is 78.4 Å². The summed E-state index contributed by atoms with van der Waals surface area (Å²) in [6.07, 6.45) is 0. The molecule has 1 heterocycles. The zero-order valence-electron chi connectivity index (χ0n) is 19.1. The van der Waals surface area contributed by atoms with E-state index >= 15 is 0 Å². The number of amides is 1. The minimum absolute atomic E-state index is 0.104. The van der Waals surface area contributed by atoms with Crippen molar-refractivity contribution in [1.82, 2.24) is 10.2 Å². The molecule has 8 nitrogen and oxygen atoms in total. The van der Waals surface area contributed by atoms with Gasteiger partial charge in [-0.1, -0.05) is 18.2 Å². The molecule has 1 aliphatic rings. The van der Waals surface area contributed by atoms with Crippen LogP contribution in [0.15, 0.2) is 53.5 Å². The van der Waals surface area contributed by atoms with Gasteiger partial charge in [0.05, 0.1) is 19.3 Å². The molecule has 0 unspecified atom stereocenters. The van der Waals surface area contributed by atoms with E-state index in [2.05, 4.69) is 33.4 Å². The minimum atomic E-state index is -0.104. The van der Waals surface area contributed by atoms with Gasteiger partial charge in [-0.05, 0) is 31.2 Å². The van der Waals surface area contributed by atoms with Crippen LogP contribution in [0.4, 0.5) is 11.4 Å². The summed E-state index contributed by atoms with van der Waals surface area (Å²) < 4.78 is 11.3. The number of carbonyl (C=O) groups excluding carboxylic acids is 1. The van der Waals surface area contributed by atoms with Crippen LogP contribution in [0.1, 0.15) is 13.8 Å². The van der Waals surface area contributed by atoms with Crippen molar-refractivity contribution < 1.29 is 14.3 Å². The zero-order chi connectivity index (χ0) is 22.8. The number of nitrogens with zero attached hydrogens (tertiary/aromatic N) is 3. The fraction of sp³-hybridized carbons (Fsp3) is 0.417. The molecule has 1 fully saturated rings. The molecular formula is C24H33N5O3. The fourth-order valence-corrected chi connectivity index (χ4v) is 3.66. The number of hydrogen-bond acceptors (Lipinski definition) is 5. The molecule has 0 saturated carbocycles. The van der Waals surface area contributed by atoms with Gasteiger partial charge in [0.15, 0.2) is 5.96 Å². The van der Waals surface area contributed by atoms with Crippen molar-refractivity contribution in [3.63, 3.8) is 0 Å². The lowest BCUT2D eigenvalue weighted by atomic mass is 10.2. The van der Waals surface area contributed by atoms with Crippen LogP contribution in [0, 0.1) is 0 Å². The van der Waals surface area contributed by atoms with Crippen LogP contribution in [-0.4, -0.2) is 69.8 Å². The summed E-state index contributed by atoms with van der Waals surface area (Å²) in [4.78, 5) is 20.6. The van der Waals surface area contributed by atoms with Crippen molar-refractivity contribution in [1.29, 1.82) is 0 Å². The Labute approximate surface area is 190 Å². The predicted octanol–water partition coefficient (Wildman–Crippen LogP) is 2.82. The molecule has 172 valence electrons. The first-order valence-electron chi connectivity index (χ1n) is 11.0. The van der Waals surface area contributed by atoms with Crippen molar-refractivity contribution >= 4 is 23.2 Å². The highest BCUT2D eigenvalue weighted by atomic mass is 16.5. The van der Waals surface area contributed by atoms with E-state index in [4.69, 9.17) is 14.5 Å². The van der Waals surface area contributed by atoms with Gasteiger partial charge in [-0.15, -0.1) is 0 Å². The molecule has 2 aromatic carbocycles. The van der Waals surface area contributed by atoms with Gasteiger partial charge in [0, 0.05) is 51.4 Å². The molecular weight excluding hydrogens is 406 g/mol. The van der Waals surface area contributed by atoms with Crippen molar-refractivity contribution in [2.24, 2.45) is 4.99 Å². The Balaban J connectivity index is 1.52. The van der Waals surface area contributed by atoms with E-state index in [0.717, 1.165) is 55.8 Å². The van der Waals surface area contributed by atoms with E-state index in [-0.39, 0.29) is 5.91 Å². The molecule has 2 N–H and O–H groups in total. The second kappa shape index (κ2) is 11.8. The highest BCUT2D eigenvalue weighted by molar-refractivity contribution is 5.88. The van der Waals surface area contributed by atoms with Crippen LogP contribution in [0.2, 0.25) is 0 Å². The molecule has 0 aromatic heterocycles. The second-order valence-corrected chi connectivity index (χ2v) is 7.44. The van der Waals surface area contributed by atoms with E-state index in [1.807, 2.05) is 42.5 Å². The average Bonchev–Trinajstić information content (AvgIpc) is 2.81. The minimum Gasteiger partial charge on any atom is -0.495 e. The molecule has 32 heavy (non-hydrogen) atoms. The molecule has 0 aliphatic carbocycles. The van der Waals surface area contributed by atoms with Crippen molar-refractivity contribution in [2.45, 2.75) is 13.8 Å². The number of anilines is 2. The number of carbonyl (C=O) groups is 1. The third kappa shape index (κ3) is 6.54. The monoisotopic (exact) mass is 439 g/mol. The van der Waals surface area contributed by atoms with Crippen molar-refractivity contribution in [3.05, 3.63) is 48.5 Å². The Bertz CT molecular complexity index is 910.